The zero-order chi connectivity index (χ0) is 21.0. The van der Waals surface area contributed by atoms with Gasteiger partial charge in [0, 0.05) is 35.4 Å². The summed E-state index contributed by atoms with van der Waals surface area (Å²) in [7, 11) is 4.01. The minimum absolute atomic E-state index is 0.358. The van der Waals surface area contributed by atoms with Crippen LogP contribution in [0.3, 0.4) is 0 Å². The number of rotatable bonds is 4. The van der Waals surface area contributed by atoms with Crippen LogP contribution in [0.15, 0.2) is 48.8 Å². The molecule has 2 N–H and O–H groups in total. The summed E-state index contributed by atoms with van der Waals surface area (Å²) >= 11 is 0. The number of imide groups is 1. The minimum Gasteiger partial charge on any atom is -0.361 e. The molecule has 0 radical (unpaired) electrons. The summed E-state index contributed by atoms with van der Waals surface area (Å²) in [5.41, 5.74) is 5.53. The van der Waals surface area contributed by atoms with Crippen LogP contribution in [0.1, 0.15) is 22.5 Å². The molecule has 0 unspecified atom stereocenters. The van der Waals surface area contributed by atoms with Crippen molar-refractivity contribution in [1.82, 2.24) is 24.6 Å². The summed E-state index contributed by atoms with van der Waals surface area (Å²) in [6, 6.07) is 11.7. The van der Waals surface area contributed by atoms with Crippen LogP contribution in [0, 0.1) is 6.92 Å². The molecule has 1 aromatic carbocycles. The summed E-state index contributed by atoms with van der Waals surface area (Å²) in [6.45, 7) is 2.62. The van der Waals surface area contributed by atoms with E-state index in [2.05, 4.69) is 20.2 Å². The largest absolute Gasteiger partial charge is 0.361 e. The van der Waals surface area contributed by atoms with Crippen LogP contribution in [0.25, 0.3) is 27.7 Å². The highest BCUT2D eigenvalue weighted by Crippen LogP contribution is 2.36. The Morgan fingerprint density at radius 3 is 2.60 bits per heavy atom. The first kappa shape index (κ1) is 18.3. The fourth-order valence-electron chi connectivity index (χ4n) is 4.18. The van der Waals surface area contributed by atoms with Crippen LogP contribution in [0.4, 0.5) is 0 Å². The third kappa shape index (κ3) is 2.74. The molecule has 1 aliphatic heterocycles. The maximum Gasteiger partial charge on any atom is 0.261 e. The van der Waals surface area contributed by atoms with Crippen LogP contribution in [0.2, 0.25) is 0 Å². The molecule has 7 nitrogen and oxygen atoms in total. The predicted molar refractivity (Wildman–Crippen MR) is 116 cm³/mol. The molecule has 30 heavy (non-hydrogen) atoms. The van der Waals surface area contributed by atoms with Gasteiger partial charge in [0.05, 0.1) is 22.5 Å². The Morgan fingerprint density at radius 2 is 1.80 bits per heavy atom. The van der Waals surface area contributed by atoms with E-state index in [1.54, 1.807) is 6.20 Å². The van der Waals surface area contributed by atoms with Crippen molar-refractivity contribution in [2.24, 2.45) is 0 Å². The van der Waals surface area contributed by atoms with Crippen molar-refractivity contribution in [2.45, 2.75) is 13.5 Å². The number of hydrogen-bond acceptors (Lipinski definition) is 4. The zero-order valence-electron chi connectivity index (χ0n) is 17.0. The third-order valence-electron chi connectivity index (χ3n) is 5.38. The number of nitrogens with one attached hydrogen (secondary N) is 2. The number of nitrogens with zero attached hydrogens (tertiary/aromatic N) is 3. The molecule has 4 heterocycles. The highest BCUT2D eigenvalue weighted by molar-refractivity contribution is 6.50. The van der Waals surface area contributed by atoms with E-state index in [4.69, 9.17) is 0 Å². The van der Waals surface area contributed by atoms with Crippen molar-refractivity contribution >= 4 is 39.5 Å². The number of aromatic nitrogens is 3. The smallest absolute Gasteiger partial charge is 0.261 e. The molecule has 0 atom stereocenters. The second kappa shape index (κ2) is 6.67. The van der Waals surface area contributed by atoms with E-state index in [0.29, 0.717) is 28.1 Å². The molecular formula is C23H21N5O2. The number of H-pyrrole nitrogens is 1. The van der Waals surface area contributed by atoms with Crippen LogP contribution >= 0.6 is 0 Å². The van der Waals surface area contributed by atoms with Crippen molar-refractivity contribution in [3.8, 4) is 0 Å². The molecule has 0 saturated heterocycles. The molecule has 3 aromatic heterocycles. The van der Waals surface area contributed by atoms with Crippen LogP contribution in [-0.2, 0) is 16.1 Å². The quantitative estimate of drug-likeness (QED) is 0.517. The second-order valence-corrected chi connectivity index (χ2v) is 7.83. The number of pyridine rings is 1. The van der Waals surface area contributed by atoms with Gasteiger partial charge < -0.3 is 9.88 Å². The first-order valence-corrected chi connectivity index (χ1v) is 9.73. The SMILES string of the molecule is Cc1nc2ccc(CN(C)C)cn2c1C1=C(c2c[nH]c3ccccc23)C(=O)NC1=O. The molecule has 7 heteroatoms. The van der Waals surface area contributed by atoms with Crippen molar-refractivity contribution in [1.29, 1.82) is 0 Å². The lowest BCUT2D eigenvalue weighted by Gasteiger charge is -2.11. The van der Waals surface area contributed by atoms with Gasteiger partial charge in [-0.05, 0) is 38.7 Å². The molecular weight excluding hydrogens is 378 g/mol. The van der Waals surface area contributed by atoms with E-state index in [0.717, 1.165) is 28.7 Å². The van der Waals surface area contributed by atoms with E-state index in [1.165, 1.54) is 0 Å². The topological polar surface area (TPSA) is 82.5 Å². The van der Waals surface area contributed by atoms with Crippen molar-refractivity contribution in [3.05, 3.63) is 71.3 Å². The van der Waals surface area contributed by atoms with E-state index >= 15 is 0 Å². The van der Waals surface area contributed by atoms with Gasteiger partial charge in [0.15, 0.2) is 0 Å². The molecule has 4 aromatic rings. The van der Waals surface area contributed by atoms with Gasteiger partial charge in [-0.15, -0.1) is 0 Å². The normalized spacial score (nSPS) is 14.5. The van der Waals surface area contributed by atoms with Gasteiger partial charge in [0.1, 0.15) is 5.65 Å². The number of carbonyl (C=O) groups excluding carboxylic acids is 2. The van der Waals surface area contributed by atoms with Crippen molar-refractivity contribution in [3.63, 3.8) is 0 Å². The van der Waals surface area contributed by atoms with Gasteiger partial charge in [-0.25, -0.2) is 4.98 Å². The van der Waals surface area contributed by atoms with Gasteiger partial charge in [0.25, 0.3) is 11.8 Å². The number of aryl methyl sites for hydroxylation is 1. The third-order valence-corrected chi connectivity index (χ3v) is 5.38. The fraction of sp³-hybridized carbons (Fsp3) is 0.174. The monoisotopic (exact) mass is 399 g/mol. The summed E-state index contributed by atoms with van der Waals surface area (Å²) in [5.74, 6) is -0.790. The lowest BCUT2D eigenvalue weighted by atomic mass is 9.98. The van der Waals surface area contributed by atoms with E-state index in [1.807, 2.05) is 68.0 Å². The Balaban J connectivity index is 1.80. The maximum absolute atomic E-state index is 12.9. The number of carbonyl (C=O) groups is 2. The summed E-state index contributed by atoms with van der Waals surface area (Å²) in [6.07, 6.45) is 3.77. The van der Waals surface area contributed by atoms with Crippen LogP contribution in [0.5, 0.6) is 0 Å². The average Bonchev–Trinajstić information content (AvgIpc) is 3.33. The van der Waals surface area contributed by atoms with E-state index in [-0.39, 0.29) is 0 Å². The number of hydrogen-bond donors (Lipinski definition) is 2. The number of fused-ring (bicyclic) bond motifs is 2. The molecule has 1 aliphatic rings. The standard InChI is InChI=1S/C23H21N5O2/c1-13-21(28-12-14(11-27(2)3)8-9-18(28)25-13)20-19(22(29)26-23(20)30)16-10-24-17-7-5-4-6-15(16)17/h4-10,12,24H,11H2,1-3H3,(H,26,29,30). The first-order valence-electron chi connectivity index (χ1n) is 9.73. The highest BCUT2D eigenvalue weighted by atomic mass is 16.2. The maximum atomic E-state index is 12.9. The first-order chi connectivity index (χ1) is 14.4. The number of aromatic amines is 1. The lowest BCUT2D eigenvalue weighted by molar-refractivity contribution is -0.122. The number of amides is 2. The van der Waals surface area contributed by atoms with Crippen molar-refractivity contribution < 1.29 is 9.59 Å². The van der Waals surface area contributed by atoms with Gasteiger partial charge in [0.2, 0.25) is 0 Å². The molecule has 0 bridgehead atoms. The van der Waals surface area contributed by atoms with Gasteiger partial charge in [-0.2, -0.15) is 0 Å². The van der Waals surface area contributed by atoms with Gasteiger partial charge in [-0.1, -0.05) is 24.3 Å². The Bertz CT molecular complexity index is 1370. The van der Waals surface area contributed by atoms with E-state index in [9.17, 15) is 9.59 Å². The van der Waals surface area contributed by atoms with E-state index < -0.39 is 11.8 Å². The van der Waals surface area contributed by atoms with Crippen molar-refractivity contribution in [2.75, 3.05) is 14.1 Å². The second-order valence-electron chi connectivity index (χ2n) is 7.83. The number of benzene rings is 1. The Labute approximate surface area is 173 Å². The molecule has 5 rings (SSSR count). The Kier molecular flexibility index (Phi) is 4.08. The Hall–Kier alpha value is -3.71. The van der Waals surface area contributed by atoms with Gasteiger partial charge >= 0.3 is 0 Å². The van der Waals surface area contributed by atoms with Crippen LogP contribution < -0.4 is 5.32 Å². The molecule has 0 fully saturated rings. The summed E-state index contributed by atoms with van der Waals surface area (Å²) in [4.78, 5) is 35.7. The highest BCUT2D eigenvalue weighted by Gasteiger charge is 2.36. The molecule has 0 saturated carbocycles. The number of imidazole rings is 1. The minimum atomic E-state index is -0.400. The molecule has 150 valence electrons. The average molecular weight is 399 g/mol. The van der Waals surface area contributed by atoms with Crippen LogP contribution in [-0.4, -0.2) is 45.2 Å². The molecule has 2 amide bonds. The Morgan fingerprint density at radius 1 is 1.03 bits per heavy atom. The fourth-order valence-corrected chi connectivity index (χ4v) is 4.18. The number of para-hydroxylation sites is 1. The zero-order valence-corrected chi connectivity index (χ0v) is 17.0. The lowest BCUT2D eigenvalue weighted by Crippen LogP contribution is -2.23. The molecule has 0 aliphatic carbocycles. The summed E-state index contributed by atoms with van der Waals surface area (Å²) in [5, 5.41) is 3.38. The summed E-state index contributed by atoms with van der Waals surface area (Å²) < 4.78 is 1.91. The molecule has 0 spiro atoms. The van der Waals surface area contributed by atoms with Gasteiger partial charge in [-0.3, -0.25) is 19.3 Å². The predicted octanol–water partition coefficient (Wildman–Crippen LogP) is 2.75.